The third kappa shape index (κ3) is 3.02. The van der Waals surface area contributed by atoms with Crippen LogP contribution >= 0.6 is 11.6 Å². The normalized spacial score (nSPS) is 12.7. The van der Waals surface area contributed by atoms with Gasteiger partial charge in [0.15, 0.2) is 0 Å². The molecule has 0 amide bonds. The summed E-state index contributed by atoms with van der Waals surface area (Å²) in [5.74, 6) is 0. The molecule has 2 rings (SSSR count). The molecule has 0 bridgehead atoms. The van der Waals surface area contributed by atoms with Crippen molar-refractivity contribution < 1.29 is 0 Å². The Hall–Kier alpha value is -1.39. The molecule has 4 nitrogen and oxygen atoms in total. The number of hydrogen-bond acceptors (Lipinski definition) is 3. The lowest BCUT2D eigenvalue weighted by molar-refractivity contribution is 0.531. The standard InChI is InChI=1S/C15H21ClN4/c1-5-20-14(15(16)11(3)19-20)9-13(17-4)12-8-6-7-10(2)18-12/h6-8,13,17H,5,9H2,1-4H3. The first-order valence-corrected chi connectivity index (χ1v) is 7.27. The van der Waals surface area contributed by atoms with Crippen LogP contribution in [0.3, 0.4) is 0 Å². The quantitative estimate of drug-likeness (QED) is 0.921. The molecule has 5 heteroatoms. The van der Waals surface area contributed by atoms with Gasteiger partial charge >= 0.3 is 0 Å². The number of nitrogens with zero attached hydrogens (tertiary/aromatic N) is 3. The first-order valence-electron chi connectivity index (χ1n) is 6.89. The Kier molecular flexibility index (Phi) is 4.78. The van der Waals surface area contributed by atoms with E-state index in [2.05, 4.69) is 22.3 Å². The summed E-state index contributed by atoms with van der Waals surface area (Å²) in [6, 6.07) is 6.21. The fourth-order valence-corrected chi connectivity index (χ4v) is 2.58. The van der Waals surface area contributed by atoms with Crippen LogP contribution in [-0.2, 0) is 13.0 Å². The van der Waals surface area contributed by atoms with Crippen LogP contribution < -0.4 is 5.32 Å². The highest BCUT2D eigenvalue weighted by molar-refractivity contribution is 6.31. The topological polar surface area (TPSA) is 42.7 Å². The molecule has 0 aromatic carbocycles. The Morgan fingerprint density at radius 3 is 2.70 bits per heavy atom. The maximum atomic E-state index is 6.38. The van der Waals surface area contributed by atoms with E-state index < -0.39 is 0 Å². The van der Waals surface area contributed by atoms with E-state index in [1.165, 1.54) is 0 Å². The molecule has 2 heterocycles. The molecular weight excluding hydrogens is 272 g/mol. The molecule has 20 heavy (non-hydrogen) atoms. The van der Waals surface area contributed by atoms with E-state index in [0.717, 1.165) is 40.8 Å². The molecule has 0 aliphatic carbocycles. The zero-order chi connectivity index (χ0) is 14.7. The largest absolute Gasteiger partial charge is 0.311 e. The van der Waals surface area contributed by atoms with Crippen molar-refractivity contribution >= 4 is 11.6 Å². The predicted octanol–water partition coefficient (Wildman–Crippen LogP) is 3.07. The molecule has 0 aliphatic heterocycles. The smallest absolute Gasteiger partial charge is 0.0847 e. The molecule has 2 aromatic heterocycles. The van der Waals surface area contributed by atoms with Crippen molar-refractivity contribution in [3.63, 3.8) is 0 Å². The summed E-state index contributed by atoms with van der Waals surface area (Å²) in [5.41, 5.74) is 4.00. The first-order chi connectivity index (χ1) is 9.56. The SMILES string of the molecule is CCn1nc(C)c(Cl)c1CC(NC)c1cccc(C)n1. The third-order valence-corrected chi connectivity index (χ3v) is 3.96. The van der Waals surface area contributed by atoms with Crippen LogP contribution in [-0.4, -0.2) is 21.8 Å². The van der Waals surface area contributed by atoms with Gasteiger partial charge in [0.2, 0.25) is 0 Å². The lowest BCUT2D eigenvalue weighted by Gasteiger charge is -2.17. The van der Waals surface area contributed by atoms with E-state index in [1.54, 1.807) is 0 Å². The summed E-state index contributed by atoms with van der Waals surface area (Å²) in [4.78, 5) is 4.60. The minimum Gasteiger partial charge on any atom is -0.311 e. The van der Waals surface area contributed by atoms with E-state index in [4.69, 9.17) is 11.6 Å². The molecule has 0 spiro atoms. The molecular formula is C15H21ClN4. The van der Waals surface area contributed by atoms with Gasteiger partial charge in [0, 0.05) is 18.7 Å². The molecule has 0 aliphatic rings. The Balaban J connectivity index is 2.31. The number of rotatable bonds is 5. The molecule has 1 N–H and O–H groups in total. The Labute approximate surface area is 125 Å². The first kappa shape index (κ1) is 15.0. The van der Waals surface area contributed by atoms with Crippen molar-refractivity contribution in [1.29, 1.82) is 0 Å². The lowest BCUT2D eigenvalue weighted by atomic mass is 10.1. The summed E-state index contributed by atoms with van der Waals surface area (Å²) in [7, 11) is 1.95. The van der Waals surface area contributed by atoms with E-state index >= 15 is 0 Å². The van der Waals surface area contributed by atoms with Crippen LogP contribution in [0.25, 0.3) is 0 Å². The van der Waals surface area contributed by atoms with E-state index in [0.29, 0.717) is 0 Å². The summed E-state index contributed by atoms with van der Waals surface area (Å²) in [6.07, 6.45) is 0.778. The number of aryl methyl sites for hydroxylation is 3. The summed E-state index contributed by atoms with van der Waals surface area (Å²) in [5, 5.41) is 8.55. The van der Waals surface area contributed by atoms with Crippen LogP contribution in [0.2, 0.25) is 5.02 Å². The van der Waals surface area contributed by atoms with E-state index in [1.807, 2.05) is 43.8 Å². The molecule has 0 fully saturated rings. The number of likely N-dealkylation sites (N-methyl/N-ethyl adjacent to an activating group) is 1. The highest BCUT2D eigenvalue weighted by atomic mass is 35.5. The Morgan fingerprint density at radius 2 is 2.10 bits per heavy atom. The zero-order valence-corrected chi connectivity index (χ0v) is 13.2. The molecule has 108 valence electrons. The minimum atomic E-state index is 0.133. The van der Waals surface area contributed by atoms with Crippen molar-refractivity contribution in [3.05, 3.63) is 46.0 Å². The average Bonchev–Trinajstić information content (AvgIpc) is 2.71. The average molecular weight is 293 g/mol. The van der Waals surface area contributed by atoms with Crippen molar-refractivity contribution in [2.24, 2.45) is 0 Å². The molecule has 0 radical (unpaired) electrons. The van der Waals surface area contributed by atoms with Gasteiger partial charge in [0.1, 0.15) is 0 Å². The Morgan fingerprint density at radius 1 is 1.35 bits per heavy atom. The maximum Gasteiger partial charge on any atom is 0.0847 e. The molecule has 0 saturated carbocycles. The number of hydrogen-bond donors (Lipinski definition) is 1. The number of pyridine rings is 1. The Bertz CT molecular complexity index is 592. The van der Waals surface area contributed by atoms with Crippen LogP contribution in [0.15, 0.2) is 18.2 Å². The fraction of sp³-hybridized carbons (Fsp3) is 0.467. The summed E-state index contributed by atoms with van der Waals surface area (Å²) in [6.45, 7) is 6.84. The van der Waals surface area contributed by atoms with Gasteiger partial charge in [0.25, 0.3) is 0 Å². The van der Waals surface area contributed by atoms with Gasteiger partial charge in [-0.15, -0.1) is 0 Å². The summed E-state index contributed by atoms with van der Waals surface area (Å²) < 4.78 is 1.97. The second kappa shape index (κ2) is 6.37. The maximum absolute atomic E-state index is 6.38. The van der Waals surface area contributed by atoms with Crippen molar-refractivity contribution in [1.82, 2.24) is 20.1 Å². The lowest BCUT2D eigenvalue weighted by Crippen LogP contribution is -2.22. The van der Waals surface area contributed by atoms with Gasteiger partial charge in [-0.3, -0.25) is 9.67 Å². The van der Waals surface area contributed by atoms with Crippen molar-refractivity contribution in [2.75, 3.05) is 7.05 Å². The zero-order valence-electron chi connectivity index (χ0n) is 12.4. The molecule has 0 saturated heterocycles. The summed E-state index contributed by atoms with van der Waals surface area (Å²) >= 11 is 6.38. The molecule has 2 aromatic rings. The van der Waals surface area contributed by atoms with Gasteiger partial charge < -0.3 is 5.32 Å². The van der Waals surface area contributed by atoms with Crippen molar-refractivity contribution in [3.8, 4) is 0 Å². The van der Waals surface area contributed by atoms with Crippen LogP contribution in [0.5, 0.6) is 0 Å². The second-order valence-corrected chi connectivity index (χ2v) is 5.29. The van der Waals surface area contributed by atoms with E-state index in [9.17, 15) is 0 Å². The monoisotopic (exact) mass is 292 g/mol. The van der Waals surface area contributed by atoms with E-state index in [-0.39, 0.29) is 6.04 Å². The van der Waals surface area contributed by atoms with Gasteiger partial charge in [0.05, 0.1) is 28.1 Å². The predicted molar refractivity (Wildman–Crippen MR) is 82.1 cm³/mol. The second-order valence-electron chi connectivity index (χ2n) is 4.91. The van der Waals surface area contributed by atoms with Gasteiger partial charge in [-0.25, -0.2) is 0 Å². The van der Waals surface area contributed by atoms with Gasteiger partial charge in [-0.05, 0) is 40.0 Å². The van der Waals surface area contributed by atoms with Crippen LogP contribution in [0.4, 0.5) is 0 Å². The molecule has 1 atom stereocenters. The highest BCUT2D eigenvalue weighted by Crippen LogP contribution is 2.25. The number of halogens is 1. The number of nitrogens with one attached hydrogen (secondary N) is 1. The number of aromatic nitrogens is 3. The highest BCUT2D eigenvalue weighted by Gasteiger charge is 2.19. The molecule has 1 unspecified atom stereocenters. The van der Waals surface area contributed by atoms with Gasteiger partial charge in [-0.1, -0.05) is 17.7 Å². The van der Waals surface area contributed by atoms with Crippen molar-refractivity contribution in [2.45, 2.75) is 39.8 Å². The van der Waals surface area contributed by atoms with Crippen LogP contribution in [0.1, 0.15) is 35.7 Å². The fourth-order valence-electron chi connectivity index (χ4n) is 2.37. The minimum absolute atomic E-state index is 0.133. The van der Waals surface area contributed by atoms with Gasteiger partial charge in [-0.2, -0.15) is 5.10 Å². The third-order valence-electron chi connectivity index (χ3n) is 3.47. The van der Waals surface area contributed by atoms with Crippen LogP contribution in [0, 0.1) is 13.8 Å².